The topological polar surface area (TPSA) is 36.9 Å². The van der Waals surface area contributed by atoms with Crippen molar-refractivity contribution in [1.82, 2.24) is 0 Å². The summed E-state index contributed by atoms with van der Waals surface area (Å²) in [5.74, 6) is 0.661. The highest BCUT2D eigenvalue weighted by Gasteiger charge is 2.52. The van der Waals surface area contributed by atoms with E-state index in [0.29, 0.717) is 30.3 Å². The first-order valence-electron chi connectivity index (χ1n) is 8.14. The normalized spacial score (nSPS) is 25.8. The van der Waals surface area contributed by atoms with Crippen molar-refractivity contribution in [3.8, 4) is 5.75 Å². The van der Waals surface area contributed by atoms with Gasteiger partial charge < -0.3 is 18.8 Å². The summed E-state index contributed by atoms with van der Waals surface area (Å²) in [6.45, 7) is 9.95. The number of rotatable bonds is 4. The first kappa shape index (κ1) is 16.7. The van der Waals surface area contributed by atoms with E-state index >= 15 is 0 Å². The number of hydrogen-bond acceptors (Lipinski definition) is 4. The molecular formula is C17H24BFO4. The number of halogens is 1. The molecule has 0 aliphatic carbocycles. The van der Waals surface area contributed by atoms with Crippen LogP contribution < -0.4 is 10.2 Å². The molecule has 0 aromatic heterocycles. The molecule has 0 spiro atoms. The lowest BCUT2D eigenvalue weighted by Crippen LogP contribution is -2.41. The fraction of sp³-hybridized carbons (Fsp3) is 0.647. The van der Waals surface area contributed by atoms with Gasteiger partial charge in [-0.1, -0.05) is 0 Å². The van der Waals surface area contributed by atoms with Gasteiger partial charge in [-0.25, -0.2) is 4.39 Å². The van der Waals surface area contributed by atoms with Crippen LogP contribution in [0.3, 0.4) is 0 Å². The highest BCUT2D eigenvalue weighted by molar-refractivity contribution is 6.63. The van der Waals surface area contributed by atoms with E-state index in [1.54, 1.807) is 6.07 Å². The van der Waals surface area contributed by atoms with Gasteiger partial charge in [0.2, 0.25) is 0 Å². The van der Waals surface area contributed by atoms with Gasteiger partial charge in [0.05, 0.1) is 24.4 Å². The molecule has 1 unspecified atom stereocenters. The summed E-state index contributed by atoms with van der Waals surface area (Å²) < 4.78 is 37.1. The fourth-order valence-corrected chi connectivity index (χ4v) is 2.73. The Morgan fingerprint density at radius 2 is 1.91 bits per heavy atom. The minimum Gasteiger partial charge on any atom is -0.494 e. The maximum absolute atomic E-state index is 13.7. The van der Waals surface area contributed by atoms with Gasteiger partial charge in [0.25, 0.3) is 0 Å². The van der Waals surface area contributed by atoms with E-state index in [0.717, 1.165) is 13.0 Å². The minimum absolute atomic E-state index is 0.328. The third kappa shape index (κ3) is 3.39. The zero-order valence-electron chi connectivity index (χ0n) is 14.2. The van der Waals surface area contributed by atoms with Crippen LogP contribution in [0.5, 0.6) is 5.75 Å². The molecule has 23 heavy (non-hydrogen) atoms. The fourth-order valence-electron chi connectivity index (χ4n) is 2.73. The second-order valence-electron chi connectivity index (χ2n) is 7.31. The van der Waals surface area contributed by atoms with Gasteiger partial charge in [-0.3, -0.25) is 0 Å². The lowest BCUT2D eigenvalue weighted by molar-refractivity contribution is 0.00578. The third-order valence-corrected chi connectivity index (χ3v) is 4.98. The van der Waals surface area contributed by atoms with E-state index in [-0.39, 0.29) is 5.82 Å². The minimum atomic E-state index is -0.634. The molecule has 4 nitrogen and oxygen atoms in total. The molecule has 2 heterocycles. The number of hydrogen-bond donors (Lipinski definition) is 0. The van der Waals surface area contributed by atoms with Gasteiger partial charge >= 0.3 is 7.12 Å². The van der Waals surface area contributed by atoms with E-state index < -0.39 is 18.3 Å². The molecule has 0 amide bonds. The third-order valence-electron chi connectivity index (χ3n) is 4.98. The van der Waals surface area contributed by atoms with Gasteiger partial charge in [-0.15, -0.1) is 0 Å². The van der Waals surface area contributed by atoms with Crippen molar-refractivity contribution in [3.63, 3.8) is 0 Å². The van der Waals surface area contributed by atoms with E-state index in [4.69, 9.17) is 18.8 Å². The van der Waals surface area contributed by atoms with Gasteiger partial charge in [0.15, 0.2) is 0 Å². The van der Waals surface area contributed by atoms with Crippen LogP contribution in [0.1, 0.15) is 34.1 Å². The van der Waals surface area contributed by atoms with Crippen LogP contribution in [0.15, 0.2) is 18.2 Å². The second-order valence-corrected chi connectivity index (χ2v) is 7.31. The quantitative estimate of drug-likeness (QED) is 0.799. The van der Waals surface area contributed by atoms with E-state index in [2.05, 4.69) is 0 Å². The van der Waals surface area contributed by atoms with Crippen molar-refractivity contribution < 1.29 is 23.2 Å². The standard InChI is InChI=1S/C17H24BFO4/c1-16(2)17(3,4)23-18(22-16)14-9-13(19)5-6-15(14)21-11-12-7-8-20-10-12/h5-6,9,12H,7-8,10-11H2,1-4H3. The zero-order valence-corrected chi connectivity index (χ0v) is 14.2. The summed E-state index contributed by atoms with van der Waals surface area (Å²) in [6.07, 6.45) is 0.993. The first-order chi connectivity index (χ1) is 10.8. The van der Waals surface area contributed by atoms with Gasteiger partial charge in [-0.05, 0) is 52.3 Å². The van der Waals surface area contributed by atoms with E-state index in [1.807, 2.05) is 27.7 Å². The van der Waals surface area contributed by atoms with Crippen molar-refractivity contribution in [1.29, 1.82) is 0 Å². The van der Waals surface area contributed by atoms with Crippen LogP contribution in [-0.2, 0) is 14.0 Å². The molecule has 2 saturated heterocycles. The van der Waals surface area contributed by atoms with Crippen molar-refractivity contribution >= 4 is 12.6 Å². The summed E-state index contributed by atoms with van der Waals surface area (Å²) in [7, 11) is -0.634. The molecule has 0 bridgehead atoms. The van der Waals surface area contributed by atoms with Crippen LogP contribution in [0.2, 0.25) is 0 Å². The van der Waals surface area contributed by atoms with Crippen LogP contribution in [0.25, 0.3) is 0 Å². The van der Waals surface area contributed by atoms with Gasteiger partial charge in [0.1, 0.15) is 11.6 Å². The molecule has 0 radical (unpaired) electrons. The van der Waals surface area contributed by atoms with Crippen molar-refractivity contribution in [2.24, 2.45) is 5.92 Å². The van der Waals surface area contributed by atoms with Crippen LogP contribution in [0.4, 0.5) is 4.39 Å². The van der Waals surface area contributed by atoms with Gasteiger partial charge in [0, 0.05) is 18.0 Å². The van der Waals surface area contributed by atoms with E-state index in [9.17, 15) is 4.39 Å². The molecule has 2 aliphatic heterocycles. The monoisotopic (exact) mass is 322 g/mol. The molecule has 126 valence electrons. The summed E-state index contributed by atoms with van der Waals surface area (Å²) >= 11 is 0. The smallest absolute Gasteiger partial charge is 0.494 e. The maximum atomic E-state index is 13.7. The average molecular weight is 322 g/mol. The highest BCUT2D eigenvalue weighted by atomic mass is 19.1. The Balaban J connectivity index is 1.79. The Morgan fingerprint density at radius 1 is 1.22 bits per heavy atom. The van der Waals surface area contributed by atoms with Crippen LogP contribution >= 0.6 is 0 Å². The number of benzene rings is 1. The predicted octanol–water partition coefficient (Wildman–Crippen LogP) is 2.54. The Morgan fingerprint density at radius 3 is 2.52 bits per heavy atom. The first-order valence-corrected chi connectivity index (χ1v) is 8.14. The molecule has 1 aromatic rings. The van der Waals surface area contributed by atoms with Crippen LogP contribution in [0, 0.1) is 11.7 Å². The molecule has 2 aliphatic rings. The molecular weight excluding hydrogens is 298 g/mol. The Hall–Kier alpha value is -1.11. The van der Waals surface area contributed by atoms with E-state index in [1.165, 1.54) is 12.1 Å². The summed E-state index contributed by atoms with van der Waals surface area (Å²) in [4.78, 5) is 0. The van der Waals surface area contributed by atoms with Gasteiger partial charge in [-0.2, -0.15) is 0 Å². The molecule has 1 atom stereocenters. The van der Waals surface area contributed by atoms with Crippen LogP contribution in [-0.4, -0.2) is 38.1 Å². The summed E-state index contributed by atoms with van der Waals surface area (Å²) in [5, 5.41) is 0. The largest absolute Gasteiger partial charge is 0.498 e. The molecule has 6 heteroatoms. The Labute approximate surface area is 137 Å². The molecule has 1 aromatic carbocycles. The zero-order chi connectivity index (χ0) is 16.7. The average Bonchev–Trinajstić information content (AvgIpc) is 3.04. The maximum Gasteiger partial charge on any atom is 0.498 e. The predicted molar refractivity (Wildman–Crippen MR) is 86.5 cm³/mol. The lowest BCUT2D eigenvalue weighted by Gasteiger charge is -2.32. The highest BCUT2D eigenvalue weighted by Crippen LogP contribution is 2.37. The molecule has 2 fully saturated rings. The SMILES string of the molecule is CC1(C)OB(c2cc(F)ccc2OCC2CCOC2)OC1(C)C. The Kier molecular flexibility index (Phi) is 4.42. The van der Waals surface area contributed by atoms with Crippen molar-refractivity contribution in [2.45, 2.75) is 45.3 Å². The number of ether oxygens (including phenoxy) is 2. The molecule has 0 saturated carbocycles. The molecule has 0 N–H and O–H groups in total. The Bertz CT molecular complexity index is 554. The second kappa shape index (κ2) is 6.08. The summed E-state index contributed by atoms with van der Waals surface area (Å²) in [6, 6.07) is 4.48. The molecule has 3 rings (SSSR count). The lowest BCUT2D eigenvalue weighted by atomic mass is 9.78. The van der Waals surface area contributed by atoms with Crippen molar-refractivity contribution in [3.05, 3.63) is 24.0 Å². The summed E-state index contributed by atoms with van der Waals surface area (Å²) in [5.41, 5.74) is -0.344. The van der Waals surface area contributed by atoms with Crippen molar-refractivity contribution in [2.75, 3.05) is 19.8 Å².